The molecule has 0 aliphatic heterocycles. The van der Waals surface area contributed by atoms with Crippen LogP contribution in [0.15, 0.2) is 12.2 Å². The van der Waals surface area contributed by atoms with Crippen molar-refractivity contribution in [1.82, 2.24) is 0 Å². The molecule has 16 heavy (non-hydrogen) atoms. The first-order chi connectivity index (χ1) is 7.64. The molecule has 4 saturated carbocycles. The predicted molar refractivity (Wildman–Crippen MR) is 69.2 cm³/mol. The van der Waals surface area contributed by atoms with Crippen LogP contribution < -0.4 is 0 Å². The van der Waals surface area contributed by atoms with E-state index in [0.717, 1.165) is 23.7 Å². The first-order valence-corrected chi connectivity index (χ1v) is 7.28. The van der Waals surface area contributed by atoms with Crippen LogP contribution in [0.5, 0.6) is 0 Å². The van der Waals surface area contributed by atoms with Crippen molar-refractivity contribution in [2.24, 2.45) is 29.1 Å². The van der Waals surface area contributed by atoms with E-state index < -0.39 is 0 Å². The molecule has 4 aliphatic carbocycles. The van der Waals surface area contributed by atoms with Crippen molar-refractivity contribution < 1.29 is 0 Å². The van der Waals surface area contributed by atoms with Gasteiger partial charge in [-0.3, -0.25) is 0 Å². The van der Waals surface area contributed by atoms with E-state index in [2.05, 4.69) is 20.4 Å². The summed E-state index contributed by atoms with van der Waals surface area (Å²) in [4.78, 5) is 0. The van der Waals surface area contributed by atoms with Gasteiger partial charge in [0.2, 0.25) is 0 Å². The Morgan fingerprint density at radius 1 is 1.06 bits per heavy atom. The van der Waals surface area contributed by atoms with E-state index in [1.165, 1.54) is 18.4 Å². The van der Waals surface area contributed by atoms with Gasteiger partial charge in [0.15, 0.2) is 0 Å². The van der Waals surface area contributed by atoms with Crippen molar-refractivity contribution in [3.8, 4) is 0 Å². The molecule has 4 aliphatic rings. The minimum Gasteiger partial charge on any atom is -0.100 e. The van der Waals surface area contributed by atoms with Gasteiger partial charge in [-0.2, -0.15) is 0 Å². The summed E-state index contributed by atoms with van der Waals surface area (Å²) in [6.45, 7) is 8.87. The van der Waals surface area contributed by atoms with Crippen LogP contribution in [-0.2, 0) is 0 Å². The molecule has 0 unspecified atom stereocenters. The SMILES string of the molecule is C=C(C)CC1(CC)C2CC3CC(C2)CC1C3. The number of rotatable bonds is 3. The minimum absolute atomic E-state index is 0.666. The second-order valence-electron chi connectivity index (χ2n) is 7.03. The molecule has 0 radical (unpaired) electrons. The Bertz CT molecular complexity index is 271. The third-order valence-electron chi connectivity index (χ3n) is 6.05. The summed E-state index contributed by atoms with van der Waals surface area (Å²) >= 11 is 0. The maximum absolute atomic E-state index is 4.20. The van der Waals surface area contributed by atoms with Crippen LogP contribution in [0.25, 0.3) is 0 Å². The second-order valence-corrected chi connectivity index (χ2v) is 7.03. The number of hydrogen-bond acceptors (Lipinski definition) is 0. The van der Waals surface area contributed by atoms with Gasteiger partial charge in [-0.15, -0.1) is 6.58 Å². The van der Waals surface area contributed by atoms with Crippen molar-refractivity contribution in [1.29, 1.82) is 0 Å². The first kappa shape index (κ1) is 10.9. The molecule has 0 saturated heterocycles. The van der Waals surface area contributed by atoms with Crippen LogP contribution in [0.1, 0.15) is 58.8 Å². The van der Waals surface area contributed by atoms with E-state index >= 15 is 0 Å². The fourth-order valence-corrected chi connectivity index (χ4v) is 5.68. The van der Waals surface area contributed by atoms with E-state index in [-0.39, 0.29) is 0 Å². The zero-order valence-corrected chi connectivity index (χ0v) is 11.0. The fraction of sp³-hybridized carbons (Fsp3) is 0.875. The molecule has 0 amide bonds. The van der Waals surface area contributed by atoms with E-state index in [0.29, 0.717) is 5.41 Å². The zero-order valence-electron chi connectivity index (χ0n) is 11.0. The van der Waals surface area contributed by atoms with Gasteiger partial charge in [-0.25, -0.2) is 0 Å². The average molecular weight is 218 g/mol. The van der Waals surface area contributed by atoms with Gasteiger partial charge in [0, 0.05) is 0 Å². The molecule has 0 N–H and O–H groups in total. The smallest absolute Gasteiger partial charge is 0.0206 e. The first-order valence-electron chi connectivity index (χ1n) is 7.28. The molecule has 0 heteroatoms. The summed E-state index contributed by atoms with van der Waals surface area (Å²) in [5.41, 5.74) is 2.09. The standard InChI is InChI=1S/C16H26/c1-4-16(10-11(2)3)14-6-12-5-13(8-14)9-15(16)7-12/h12-15H,2,4-10H2,1,3H3. The number of allylic oxidation sites excluding steroid dienone is 1. The third-order valence-corrected chi connectivity index (χ3v) is 6.05. The van der Waals surface area contributed by atoms with Crippen LogP contribution in [0.3, 0.4) is 0 Å². The maximum atomic E-state index is 4.20. The molecule has 0 aromatic rings. The van der Waals surface area contributed by atoms with Crippen LogP contribution in [0.4, 0.5) is 0 Å². The van der Waals surface area contributed by atoms with Crippen LogP contribution in [0, 0.1) is 29.1 Å². The Morgan fingerprint density at radius 3 is 1.94 bits per heavy atom. The molecule has 0 nitrogen and oxygen atoms in total. The summed E-state index contributed by atoms with van der Waals surface area (Å²) < 4.78 is 0. The normalized spacial score (nSPS) is 49.6. The van der Waals surface area contributed by atoms with Crippen LogP contribution >= 0.6 is 0 Å². The highest BCUT2D eigenvalue weighted by atomic mass is 14.6. The van der Waals surface area contributed by atoms with Crippen LogP contribution in [-0.4, -0.2) is 0 Å². The van der Waals surface area contributed by atoms with E-state index in [1.54, 1.807) is 32.1 Å². The summed E-state index contributed by atoms with van der Waals surface area (Å²) in [6.07, 6.45) is 10.5. The molecule has 4 bridgehead atoms. The topological polar surface area (TPSA) is 0 Å². The Morgan fingerprint density at radius 2 is 1.56 bits per heavy atom. The lowest BCUT2D eigenvalue weighted by Crippen LogP contribution is -2.52. The van der Waals surface area contributed by atoms with E-state index in [9.17, 15) is 0 Å². The average Bonchev–Trinajstić information content (AvgIpc) is 2.22. The molecule has 90 valence electrons. The van der Waals surface area contributed by atoms with E-state index in [1.807, 2.05) is 0 Å². The summed E-state index contributed by atoms with van der Waals surface area (Å²) in [6, 6.07) is 0. The molecule has 0 heterocycles. The van der Waals surface area contributed by atoms with Gasteiger partial charge in [0.1, 0.15) is 0 Å². The molecule has 0 aromatic heterocycles. The summed E-state index contributed by atoms with van der Waals surface area (Å²) in [5, 5.41) is 0. The fourth-order valence-electron chi connectivity index (χ4n) is 5.68. The van der Waals surface area contributed by atoms with Gasteiger partial charge in [-0.1, -0.05) is 12.5 Å². The Kier molecular flexibility index (Phi) is 2.46. The summed E-state index contributed by atoms with van der Waals surface area (Å²) in [7, 11) is 0. The van der Waals surface area contributed by atoms with Gasteiger partial charge in [0.25, 0.3) is 0 Å². The van der Waals surface area contributed by atoms with Crippen molar-refractivity contribution in [2.45, 2.75) is 58.8 Å². The largest absolute Gasteiger partial charge is 0.100 e. The van der Waals surface area contributed by atoms with Gasteiger partial charge < -0.3 is 0 Å². The molecule has 0 atom stereocenters. The number of hydrogen-bond donors (Lipinski definition) is 0. The van der Waals surface area contributed by atoms with Crippen LogP contribution in [0.2, 0.25) is 0 Å². The lowest BCUT2D eigenvalue weighted by Gasteiger charge is -2.61. The Labute approximate surface area is 101 Å². The lowest BCUT2D eigenvalue weighted by molar-refractivity contribution is -0.110. The highest BCUT2D eigenvalue weighted by molar-refractivity contribution is 5.10. The van der Waals surface area contributed by atoms with Crippen molar-refractivity contribution in [2.75, 3.05) is 0 Å². The zero-order chi connectivity index (χ0) is 11.3. The molecular weight excluding hydrogens is 192 g/mol. The molecule has 0 aromatic carbocycles. The maximum Gasteiger partial charge on any atom is -0.0206 e. The lowest BCUT2D eigenvalue weighted by atomic mass is 9.43. The van der Waals surface area contributed by atoms with Crippen molar-refractivity contribution >= 4 is 0 Å². The monoisotopic (exact) mass is 218 g/mol. The minimum atomic E-state index is 0.666. The molecular formula is C16H26. The molecule has 4 rings (SSSR count). The third kappa shape index (κ3) is 1.41. The highest BCUT2D eigenvalue weighted by Gasteiger charge is 2.55. The van der Waals surface area contributed by atoms with Gasteiger partial charge in [-0.05, 0) is 81.0 Å². The van der Waals surface area contributed by atoms with Gasteiger partial charge >= 0.3 is 0 Å². The molecule has 0 spiro atoms. The highest BCUT2D eigenvalue weighted by Crippen LogP contribution is 2.65. The quantitative estimate of drug-likeness (QED) is 0.597. The predicted octanol–water partition coefficient (Wildman–Crippen LogP) is 4.81. The Hall–Kier alpha value is -0.260. The Balaban J connectivity index is 1.90. The van der Waals surface area contributed by atoms with Crippen molar-refractivity contribution in [3.63, 3.8) is 0 Å². The van der Waals surface area contributed by atoms with Crippen molar-refractivity contribution in [3.05, 3.63) is 12.2 Å². The molecule has 4 fully saturated rings. The summed E-state index contributed by atoms with van der Waals surface area (Å²) in [5.74, 6) is 4.30. The van der Waals surface area contributed by atoms with Gasteiger partial charge in [0.05, 0.1) is 0 Å². The van der Waals surface area contributed by atoms with E-state index in [4.69, 9.17) is 0 Å². The second kappa shape index (κ2) is 3.62.